The van der Waals surface area contributed by atoms with Gasteiger partial charge >= 0.3 is 0 Å². The number of aromatic nitrogens is 9. The average Bonchev–Trinajstić information content (AvgIpc) is 1.65. The Morgan fingerprint density at radius 3 is 1.26 bits per heavy atom. The zero-order valence-corrected chi connectivity index (χ0v) is 77.2. The molecule has 9 aromatic heterocycles. The second-order valence-electron chi connectivity index (χ2n) is 32.7. The minimum Gasteiger partial charge on any atom is -0.379 e. The summed E-state index contributed by atoms with van der Waals surface area (Å²) in [6.45, 7) is 16.5. The van der Waals surface area contributed by atoms with E-state index in [1.807, 2.05) is 161 Å². The van der Waals surface area contributed by atoms with E-state index in [-0.39, 0.29) is 34.3 Å². The maximum atomic E-state index is 14.4. The highest BCUT2D eigenvalue weighted by Gasteiger charge is 2.40. The minimum absolute atomic E-state index is 0.0133. The SMILES string of the molecule is CC(=O)N1CCN(Cc2c(-c3ccc(Cl)cc3)nc3ccc(N(C)S(=O)(=O)C4CC4)cn23)CC1.CC(=O)N1CCN(Cc2c(-c3ccc(Cl)cc3)nc3ccc(N4CCCCS4(=O)=O)cn23)CC1.CN(c1ccc2nc(-c3ccc(Cl)cc3)c(CN3CCNC(=O)C3)n2c1)S(C)(=O)=O.Fc1cncc(F)c1-c1ccc2nc(-c3ccc(Cl)cc3)c(CN3CCOCC3)n2c1. The Labute approximate surface area is 767 Å². The van der Waals surface area contributed by atoms with Crippen LogP contribution < -0.4 is 18.2 Å². The lowest BCUT2D eigenvalue weighted by Gasteiger charge is -2.34. The summed E-state index contributed by atoms with van der Waals surface area (Å²) < 4.78 is 121. The first-order valence-corrected chi connectivity index (χ1v) is 48.9. The Kier molecular flexibility index (Phi) is 27.8. The van der Waals surface area contributed by atoms with Gasteiger partial charge < -0.3 is 24.3 Å². The minimum atomic E-state index is -3.40. The Bertz CT molecular complexity index is 6670. The number of carbonyl (C=O) groups excluding carboxylic acids is 3. The number of hydrogen-bond donors (Lipinski definition) is 1. The van der Waals surface area contributed by atoms with Crippen LogP contribution in [0.4, 0.5) is 25.8 Å². The van der Waals surface area contributed by atoms with Crippen LogP contribution in [0.5, 0.6) is 0 Å². The van der Waals surface area contributed by atoms with Crippen LogP contribution in [0, 0.1) is 11.6 Å². The van der Waals surface area contributed by atoms with E-state index >= 15 is 0 Å². The number of sulfonamides is 3. The van der Waals surface area contributed by atoms with E-state index in [9.17, 15) is 48.4 Å². The van der Waals surface area contributed by atoms with E-state index in [1.54, 1.807) is 57.6 Å². The Morgan fingerprint density at radius 2 is 0.853 bits per heavy atom. The number of ether oxygens (including phenoxy) is 1. The first-order valence-electron chi connectivity index (χ1n) is 42.4. The molecule has 6 aliphatic rings. The first kappa shape index (κ1) is 91.6. The van der Waals surface area contributed by atoms with E-state index in [0.717, 1.165) is 163 Å². The van der Waals surface area contributed by atoms with Crippen LogP contribution in [0.15, 0.2) is 183 Å². The van der Waals surface area contributed by atoms with E-state index in [1.165, 1.54) is 20.0 Å². The number of piperazine rings is 3. The summed E-state index contributed by atoms with van der Waals surface area (Å²) in [6, 6.07) is 44.5. The second-order valence-corrected chi connectivity index (χ2v) is 40.7. The van der Waals surface area contributed by atoms with Crippen LogP contribution in [0.1, 0.15) is 62.3 Å². The second kappa shape index (κ2) is 39.1. The summed E-state index contributed by atoms with van der Waals surface area (Å²) in [5.41, 5.74) is 15.9. The highest BCUT2D eigenvalue weighted by atomic mass is 35.5. The molecule has 676 valence electrons. The van der Waals surface area contributed by atoms with Crippen LogP contribution >= 0.6 is 46.4 Å². The molecule has 0 radical (unpaired) electrons. The fourth-order valence-electron chi connectivity index (χ4n) is 16.5. The van der Waals surface area contributed by atoms with Crippen LogP contribution in [-0.2, 0) is 75.4 Å². The van der Waals surface area contributed by atoms with Gasteiger partial charge in [-0.2, -0.15) is 0 Å². The molecule has 14 heterocycles. The third-order valence-electron chi connectivity index (χ3n) is 24.0. The molecule has 1 N–H and O–H groups in total. The highest BCUT2D eigenvalue weighted by molar-refractivity contribution is 7.93. The van der Waals surface area contributed by atoms with Gasteiger partial charge in [0.1, 0.15) is 22.6 Å². The molecule has 5 aliphatic heterocycles. The van der Waals surface area contributed by atoms with Gasteiger partial charge in [0, 0.05) is 212 Å². The first-order chi connectivity index (χ1) is 61.9. The summed E-state index contributed by atoms with van der Waals surface area (Å²) in [5.74, 6) is -1.04. The number of imidazole rings is 4. The smallest absolute Gasteiger partial charge is 0.237 e. The lowest BCUT2D eigenvalue weighted by atomic mass is 10.1. The van der Waals surface area contributed by atoms with Gasteiger partial charge in [0.25, 0.3) is 0 Å². The number of anilines is 3. The number of fused-ring (bicyclic) bond motifs is 4. The molecule has 6 fully saturated rings. The van der Waals surface area contributed by atoms with Crippen LogP contribution in [0.2, 0.25) is 20.1 Å². The third kappa shape index (κ3) is 21.0. The van der Waals surface area contributed by atoms with Gasteiger partial charge in [-0.15, -0.1) is 0 Å². The summed E-state index contributed by atoms with van der Waals surface area (Å²) in [5, 5.41) is 5.15. The summed E-state index contributed by atoms with van der Waals surface area (Å²) in [6.07, 6.45) is 13.5. The number of nitrogens with zero attached hydrogens (tertiary/aromatic N) is 18. The predicted octanol–water partition coefficient (Wildman–Crippen LogP) is 13.3. The molecule has 1 aliphatic carbocycles. The van der Waals surface area contributed by atoms with E-state index < -0.39 is 41.7 Å². The third-order valence-corrected chi connectivity index (χ3v) is 30.3. The van der Waals surface area contributed by atoms with Crippen molar-refractivity contribution in [3.8, 4) is 56.2 Å². The van der Waals surface area contributed by atoms with Gasteiger partial charge in [-0.3, -0.25) is 65.1 Å². The maximum absolute atomic E-state index is 14.4. The number of morpholine rings is 1. The van der Waals surface area contributed by atoms with Crippen molar-refractivity contribution in [3.05, 3.63) is 237 Å². The summed E-state index contributed by atoms with van der Waals surface area (Å²) in [4.78, 5) is 71.0. The molecule has 3 amide bonds. The van der Waals surface area contributed by atoms with Crippen molar-refractivity contribution in [2.24, 2.45) is 0 Å². The molecular formula is C91H97Cl4F2N19O10S3. The van der Waals surface area contributed by atoms with Crippen molar-refractivity contribution < 1.29 is 53.2 Å². The Balaban J connectivity index is 0.000000126. The van der Waals surface area contributed by atoms with Crippen molar-refractivity contribution in [2.75, 3.05) is 144 Å². The molecule has 29 nitrogen and oxygen atoms in total. The number of hydrogen-bond acceptors (Lipinski definition) is 19. The molecule has 4 aromatic carbocycles. The van der Waals surface area contributed by atoms with Gasteiger partial charge in [-0.25, -0.2) is 54.0 Å². The van der Waals surface area contributed by atoms with E-state index in [2.05, 4.69) is 29.9 Å². The number of rotatable bonds is 19. The molecule has 0 atom stereocenters. The maximum Gasteiger partial charge on any atom is 0.237 e. The molecule has 19 rings (SSSR count). The normalized spacial score (nSPS) is 16.7. The Hall–Kier alpha value is -10.7. The number of amides is 3. The highest BCUT2D eigenvalue weighted by Crippen LogP contribution is 2.38. The van der Waals surface area contributed by atoms with Crippen molar-refractivity contribution in [2.45, 2.75) is 71.0 Å². The Morgan fingerprint density at radius 1 is 0.473 bits per heavy atom. The van der Waals surface area contributed by atoms with Gasteiger partial charge in [0.15, 0.2) is 11.6 Å². The van der Waals surface area contributed by atoms with Crippen molar-refractivity contribution in [3.63, 3.8) is 0 Å². The number of pyridine rings is 5. The van der Waals surface area contributed by atoms with E-state index in [4.69, 9.17) is 71.1 Å². The zero-order chi connectivity index (χ0) is 90.7. The molecule has 0 spiro atoms. The lowest BCUT2D eigenvalue weighted by molar-refractivity contribution is -0.131. The number of carbonyl (C=O) groups is 3. The van der Waals surface area contributed by atoms with Crippen molar-refractivity contribution in [1.82, 2.24) is 77.2 Å². The average molecular weight is 1890 g/mol. The number of halogens is 6. The molecule has 129 heavy (non-hydrogen) atoms. The molecule has 0 unspecified atom stereocenters. The number of nitrogens with one attached hydrogen (secondary N) is 1. The standard InChI is InChI=1S/2C24H28ClN5O3S.C23H19ClF2N4O.C20H22ClN5O3S/c1-17(31)29-13-11-28(12-14-29)16-22-24(18-3-5-19(25)6-4-18)26-23-10-7-20(15-30(22)23)27(2)34(32,33)21-8-9-21;1-18(31)28-13-11-27(12-14-28)17-22-24(19-4-6-20(25)7-5-19)26-23-9-8-21(16-29(22)23)30-10-2-3-15-34(30,32)33;24-17-4-1-15(2-5-17)23-20(14-29-7-9-31-10-8-29)30-13-16(3-6-21(30)28-23)22-18(25)11-27-12-19(22)26;1-24(30(2,28)29)16-7-8-18-23-20(14-3-5-15(21)6-4-14)17(26(18)11-16)12-25-10-9-22-19(27)13-25/h3-7,10,15,21H,8-9,11-14,16H2,1-2H3;4-9,16H,2-3,10-15,17H2,1H3;1-6,11-13H,7-10,14H2;3-8,11H,9-10,12-13H2,1-2H3,(H,22,27). The molecular weight excluding hydrogens is 1800 g/mol. The quantitative estimate of drug-likeness (QED) is 0.0787. The number of benzene rings is 4. The molecule has 0 bridgehead atoms. The van der Waals surface area contributed by atoms with Gasteiger partial charge in [-0.05, 0) is 123 Å². The van der Waals surface area contributed by atoms with Crippen LogP contribution in [-0.4, -0.2) is 251 Å². The molecule has 13 aromatic rings. The van der Waals surface area contributed by atoms with Crippen LogP contribution in [0.3, 0.4) is 0 Å². The van der Waals surface area contributed by atoms with Crippen LogP contribution in [0.25, 0.3) is 78.7 Å². The van der Waals surface area contributed by atoms with Gasteiger partial charge in [0.05, 0.1) is 118 Å². The van der Waals surface area contributed by atoms with Crippen molar-refractivity contribution >= 4 is 134 Å². The fraction of sp³-hybridized carbons (Fsp3) is 0.341. The zero-order valence-electron chi connectivity index (χ0n) is 71.7. The largest absolute Gasteiger partial charge is 0.379 e. The predicted molar refractivity (Wildman–Crippen MR) is 499 cm³/mol. The fourth-order valence-corrected chi connectivity index (χ4v) is 20.7. The molecule has 38 heteroatoms. The lowest BCUT2D eigenvalue weighted by Crippen LogP contribution is -2.47. The molecule has 5 saturated heterocycles. The summed E-state index contributed by atoms with van der Waals surface area (Å²) in [7, 11) is -6.93. The molecule has 1 saturated carbocycles. The topological polar surface area (TPSA) is 286 Å². The van der Waals surface area contributed by atoms with Gasteiger partial charge in [-0.1, -0.05) is 94.9 Å². The van der Waals surface area contributed by atoms with E-state index in [0.29, 0.717) is 146 Å². The van der Waals surface area contributed by atoms with Gasteiger partial charge in [0.2, 0.25) is 47.8 Å². The van der Waals surface area contributed by atoms with Crippen molar-refractivity contribution in [1.29, 1.82) is 0 Å². The summed E-state index contributed by atoms with van der Waals surface area (Å²) >= 11 is 24.3. The monoisotopic (exact) mass is 1890 g/mol.